The quantitative estimate of drug-likeness (QED) is 0.896. The maximum absolute atomic E-state index is 13.0. The number of hydrogen-bond donors (Lipinski definition) is 2. The molecular weight excluding hydrogens is 271 g/mol. The highest BCUT2D eigenvalue weighted by molar-refractivity contribution is 5.94. The Balaban J connectivity index is 0.00000180. The van der Waals surface area contributed by atoms with Gasteiger partial charge in [0, 0.05) is 12.6 Å². The summed E-state index contributed by atoms with van der Waals surface area (Å²) in [5.74, 6) is -0.128. The number of hydrogen-bond acceptors (Lipinski definition) is 3. The molecule has 106 valence electrons. The van der Waals surface area contributed by atoms with Gasteiger partial charge in [-0.15, -0.1) is 12.4 Å². The summed E-state index contributed by atoms with van der Waals surface area (Å²) in [6.07, 6.45) is 1.88. The number of carbonyl (C=O) groups excluding carboxylic acids is 1. The van der Waals surface area contributed by atoms with Crippen molar-refractivity contribution in [3.63, 3.8) is 0 Å². The second-order valence-corrected chi connectivity index (χ2v) is 4.38. The van der Waals surface area contributed by atoms with Crippen LogP contribution in [0.25, 0.3) is 0 Å². The Morgan fingerprint density at radius 1 is 1.53 bits per heavy atom. The smallest absolute Gasteiger partial charge is 0.228 e. The second kappa shape index (κ2) is 7.31. The number of carbonyl (C=O) groups is 1. The molecule has 4 nitrogen and oxygen atoms in total. The van der Waals surface area contributed by atoms with E-state index in [-0.39, 0.29) is 30.0 Å². The predicted molar refractivity (Wildman–Crippen MR) is 74.4 cm³/mol. The fourth-order valence-corrected chi connectivity index (χ4v) is 2.08. The van der Waals surface area contributed by atoms with Crippen LogP contribution in [0.4, 0.5) is 10.1 Å². The van der Waals surface area contributed by atoms with Crippen LogP contribution < -0.4 is 15.4 Å². The van der Waals surface area contributed by atoms with E-state index >= 15 is 0 Å². The molecule has 0 bridgehead atoms. The van der Waals surface area contributed by atoms with Gasteiger partial charge in [0.2, 0.25) is 5.91 Å². The summed E-state index contributed by atoms with van der Waals surface area (Å²) < 4.78 is 18.1. The fraction of sp³-hybridized carbons (Fsp3) is 0.462. The van der Waals surface area contributed by atoms with Crippen molar-refractivity contribution < 1.29 is 13.9 Å². The second-order valence-electron chi connectivity index (χ2n) is 4.38. The topological polar surface area (TPSA) is 50.4 Å². The van der Waals surface area contributed by atoms with Crippen LogP contribution in [0.1, 0.15) is 12.8 Å². The summed E-state index contributed by atoms with van der Waals surface area (Å²) >= 11 is 0. The maximum atomic E-state index is 13.0. The van der Waals surface area contributed by atoms with Crippen molar-refractivity contribution in [3.8, 4) is 5.75 Å². The van der Waals surface area contributed by atoms with Crippen molar-refractivity contribution in [2.24, 2.45) is 5.92 Å². The van der Waals surface area contributed by atoms with Crippen molar-refractivity contribution in [2.45, 2.75) is 12.8 Å². The summed E-state index contributed by atoms with van der Waals surface area (Å²) in [5.41, 5.74) is 0.509. The van der Waals surface area contributed by atoms with Gasteiger partial charge in [-0.25, -0.2) is 4.39 Å². The number of benzene rings is 1. The molecule has 1 aliphatic heterocycles. The zero-order valence-corrected chi connectivity index (χ0v) is 11.6. The van der Waals surface area contributed by atoms with Gasteiger partial charge in [-0.2, -0.15) is 0 Å². The third-order valence-corrected chi connectivity index (χ3v) is 3.09. The van der Waals surface area contributed by atoms with Crippen LogP contribution >= 0.6 is 12.4 Å². The van der Waals surface area contributed by atoms with Gasteiger partial charge in [-0.05, 0) is 31.5 Å². The van der Waals surface area contributed by atoms with Gasteiger partial charge in [0.15, 0.2) is 0 Å². The molecule has 1 aromatic rings. The molecule has 2 N–H and O–H groups in total. The van der Waals surface area contributed by atoms with Gasteiger partial charge in [0.1, 0.15) is 11.6 Å². The lowest BCUT2D eigenvalue weighted by Crippen LogP contribution is -2.37. The van der Waals surface area contributed by atoms with E-state index in [2.05, 4.69) is 10.6 Å². The Morgan fingerprint density at radius 2 is 2.32 bits per heavy atom. The Hall–Kier alpha value is -1.33. The number of nitrogens with one attached hydrogen (secondary N) is 2. The highest BCUT2D eigenvalue weighted by Gasteiger charge is 2.21. The average Bonchev–Trinajstić information content (AvgIpc) is 2.41. The van der Waals surface area contributed by atoms with E-state index in [9.17, 15) is 9.18 Å². The highest BCUT2D eigenvalue weighted by atomic mass is 35.5. The van der Waals surface area contributed by atoms with Crippen molar-refractivity contribution in [2.75, 3.05) is 25.5 Å². The number of methoxy groups -OCH3 is 1. The molecule has 0 radical (unpaired) electrons. The molecule has 6 heteroatoms. The molecule has 1 atom stereocenters. The first-order chi connectivity index (χ1) is 8.70. The summed E-state index contributed by atoms with van der Waals surface area (Å²) in [6.45, 7) is 1.65. The highest BCUT2D eigenvalue weighted by Crippen LogP contribution is 2.26. The van der Waals surface area contributed by atoms with Crippen molar-refractivity contribution in [3.05, 3.63) is 24.0 Å². The van der Waals surface area contributed by atoms with E-state index in [1.54, 1.807) is 0 Å². The van der Waals surface area contributed by atoms with Crippen LogP contribution in [-0.2, 0) is 4.79 Å². The molecule has 1 aliphatic rings. The molecule has 1 aromatic carbocycles. The van der Waals surface area contributed by atoms with Crippen molar-refractivity contribution >= 4 is 24.0 Å². The number of anilines is 1. The summed E-state index contributed by atoms with van der Waals surface area (Å²) in [4.78, 5) is 12.0. The van der Waals surface area contributed by atoms with Crippen LogP contribution in [0.15, 0.2) is 18.2 Å². The SMILES string of the molecule is COc1cc(F)ccc1NC(=O)C1CCCNC1.Cl. The number of amides is 1. The molecular formula is C13H18ClFN2O2. The Bertz CT molecular complexity index is 437. The summed E-state index contributed by atoms with van der Waals surface area (Å²) in [7, 11) is 1.45. The zero-order chi connectivity index (χ0) is 13.0. The lowest BCUT2D eigenvalue weighted by molar-refractivity contribution is -0.120. The molecule has 0 spiro atoms. The fourth-order valence-electron chi connectivity index (χ4n) is 2.08. The molecule has 1 saturated heterocycles. The van der Waals surface area contributed by atoms with E-state index in [0.29, 0.717) is 18.0 Å². The largest absolute Gasteiger partial charge is 0.494 e. The molecule has 2 rings (SSSR count). The first-order valence-corrected chi connectivity index (χ1v) is 6.06. The number of halogens is 2. The third kappa shape index (κ3) is 4.08. The molecule has 0 aliphatic carbocycles. The van der Waals surface area contributed by atoms with Crippen LogP contribution in [-0.4, -0.2) is 26.1 Å². The van der Waals surface area contributed by atoms with E-state index in [1.165, 1.54) is 25.3 Å². The minimum absolute atomic E-state index is 0. The number of rotatable bonds is 3. The standard InChI is InChI=1S/C13H17FN2O2.ClH/c1-18-12-7-10(14)4-5-11(12)16-13(17)9-3-2-6-15-8-9;/h4-5,7,9,15H,2-3,6,8H2,1H3,(H,16,17);1H. The van der Waals surface area contributed by atoms with Gasteiger partial charge in [-0.1, -0.05) is 0 Å². The van der Waals surface area contributed by atoms with Gasteiger partial charge < -0.3 is 15.4 Å². The van der Waals surface area contributed by atoms with Crippen LogP contribution in [0.3, 0.4) is 0 Å². The summed E-state index contributed by atoms with van der Waals surface area (Å²) in [5, 5.41) is 5.97. The third-order valence-electron chi connectivity index (χ3n) is 3.09. The molecule has 0 saturated carbocycles. The lowest BCUT2D eigenvalue weighted by atomic mass is 9.99. The number of ether oxygens (including phenoxy) is 1. The van der Waals surface area contributed by atoms with Gasteiger partial charge in [0.05, 0.1) is 18.7 Å². The molecule has 1 unspecified atom stereocenters. The Morgan fingerprint density at radius 3 is 2.95 bits per heavy atom. The van der Waals surface area contributed by atoms with E-state index in [0.717, 1.165) is 19.4 Å². The zero-order valence-electron chi connectivity index (χ0n) is 10.7. The lowest BCUT2D eigenvalue weighted by Gasteiger charge is -2.22. The molecule has 1 amide bonds. The van der Waals surface area contributed by atoms with Gasteiger partial charge in [0.25, 0.3) is 0 Å². The van der Waals surface area contributed by atoms with Gasteiger partial charge >= 0.3 is 0 Å². The Kier molecular flexibility index (Phi) is 6.05. The van der Waals surface area contributed by atoms with Crippen molar-refractivity contribution in [1.82, 2.24) is 5.32 Å². The predicted octanol–water partition coefficient (Wildman–Crippen LogP) is 2.19. The van der Waals surface area contributed by atoms with Crippen LogP contribution in [0, 0.1) is 11.7 Å². The normalized spacial score (nSPS) is 18.3. The van der Waals surface area contributed by atoms with Crippen molar-refractivity contribution in [1.29, 1.82) is 0 Å². The maximum Gasteiger partial charge on any atom is 0.228 e. The van der Waals surface area contributed by atoms with E-state index < -0.39 is 0 Å². The number of piperidine rings is 1. The molecule has 1 heterocycles. The van der Waals surface area contributed by atoms with E-state index in [1.807, 2.05) is 0 Å². The van der Waals surface area contributed by atoms with Crippen LogP contribution in [0.5, 0.6) is 5.75 Å². The average molecular weight is 289 g/mol. The minimum atomic E-state index is -0.385. The first-order valence-electron chi connectivity index (χ1n) is 6.06. The molecule has 1 fully saturated rings. The van der Waals surface area contributed by atoms with Crippen LogP contribution in [0.2, 0.25) is 0 Å². The van der Waals surface area contributed by atoms with Gasteiger partial charge in [-0.3, -0.25) is 4.79 Å². The molecule has 19 heavy (non-hydrogen) atoms. The first kappa shape index (κ1) is 15.7. The monoisotopic (exact) mass is 288 g/mol. The summed E-state index contributed by atoms with van der Waals surface area (Å²) in [6, 6.07) is 4.08. The minimum Gasteiger partial charge on any atom is -0.494 e. The van der Waals surface area contributed by atoms with E-state index in [4.69, 9.17) is 4.74 Å². The molecule has 0 aromatic heterocycles. The Labute approximate surface area is 118 Å².